The number of carboxylic acids is 1. The Bertz CT molecular complexity index is 797. The minimum Gasteiger partial charge on any atom is -0.478 e. The topological polar surface area (TPSA) is 70.1 Å². The van der Waals surface area contributed by atoms with Crippen LogP contribution in [0.3, 0.4) is 0 Å². The monoisotopic (exact) mass is 440 g/mol. The van der Waals surface area contributed by atoms with Gasteiger partial charge < -0.3 is 14.7 Å². The zero-order chi connectivity index (χ0) is 24.0. The zero-order valence-corrected chi connectivity index (χ0v) is 19.3. The van der Waals surface area contributed by atoms with E-state index in [1.807, 2.05) is 36.3 Å². The number of carboxylic acid groups (broad SMARTS) is 1. The molecule has 1 aliphatic heterocycles. The first-order valence-electron chi connectivity index (χ1n) is 10.7. The highest BCUT2D eigenvalue weighted by Crippen LogP contribution is 2.28. The first-order chi connectivity index (χ1) is 15.3. The lowest BCUT2D eigenvalue weighted by Gasteiger charge is -2.42. The van der Waals surface area contributed by atoms with Crippen molar-refractivity contribution in [3.05, 3.63) is 85.2 Å². The molecule has 6 heteroatoms. The molecule has 6 nitrogen and oxygen atoms in total. The van der Waals surface area contributed by atoms with Crippen LogP contribution in [-0.4, -0.2) is 66.2 Å². The van der Waals surface area contributed by atoms with Crippen molar-refractivity contribution in [1.29, 1.82) is 0 Å². The molecule has 0 aliphatic carbocycles. The van der Waals surface area contributed by atoms with Crippen LogP contribution < -0.4 is 0 Å². The summed E-state index contributed by atoms with van der Waals surface area (Å²) in [7, 11) is 1.86. The third kappa shape index (κ3) is 8.94. The zero-order valence-electron chi connectivity index (χ0n) is 19.3. The van der Waals surface area contributed by atoms with Crippen LogP contribution in [0.1, 0.15) is 26.2 Å². The van der Waals surface area contributed by atoms with E-state index in [4.69, 9.17) is 9.84 Å². The van der Waals surface area contributed by atoms with E-state index in [1.54, 1.807) is 13.0 Å². The second kappa shape index (κ2) is 14.0. The highest BCUT2D eigenvalue weighted by Gasteiger charge is 2.37. The second-order valence-corrected chi connectivity index (χ2v) is 7.79. The summed E-state index contributed by atoms with van der Waals surface area (Å²) in [4.78, 5) is 26.5. The molecule has 0 aromatic rings. The van der Waals surface area contributed by atoms with Crippen molar-refractivity contribution in [2.24, 2.45) is 0 Å². The lowest BCUT2D eigenvalue weighted by molar-refractivity contribution is -0.150. The number of nitrogens with zero attached hydrogens (tertiary/aromatic N) is 2. The van der Waals surface area contributed by atoms with Crippen LogP contribution >= 0.6 is 0 Å². The minimum atomic E-state index is -0.988. The quantitative estimate of drug-likeness (QED) is 0.188. The average Bonchev–Trinajstić information content (AvgIpc) is 2.77. The number of allylic oxidation sites excluding steroid dienone is 7. The van der Waals surface area contributed by atoms with Crippen LogP contribution in [0.4, 0.5) is 0 Å². The number of piperidine rings is 1. The Morgan fingerprint density at radius 1 is 1.25 bits per heavy atom. The molecule has 1 rings (SSSR count). The number of hydrogen-bond acceptors (Lipinski definition) is 5. The summed E-state index contributed by atoms with van der Waals surface area (Å²) >= 11 is 0. The van der Waals surface area contributed by atoms with Crippen LogP contribution in [0, 0.1) is 0 Å². The van der Waals surface area contributed by atoms with Crippen LogP contribution in [0.15, 0.2) is 85.2 Å². The molecular weight excluding hydrogens is 404 g/mol. The van der Waals surface area contributed by atoms with Crippen molar-refractivity contribution >= 4 is 12.4 Å². The molecule has 0 spiro atoms. The Balaban J connectivity index is 2.68. The van der Waals surface area contributed by atoms with Crippen molar-refractivity contribution in [2.45, 2.75) is 31.8 Å². The van der Waals surface area contributed by atoms with Gasteiger partial charge in [0.25, 0.3) is 6.47 Å². The summed E-state index contributed by atoms with van der Waals surface area (Å²) in [5, 5.41) is 9.12. The van der Waals surface area contributed by atoms with Gasteiger partial charge in [-0.2, -0.15) is 0 Å². The summed E-state index contributed by atoms with van der Waals surface area (Å²) < 4.78 is 5.56. The highest BCUT2D eigenvalue weighted by molar-refractivity contribution is 5.89. The molecule has 1 heterocycles. The van der Waals surface area contributed by atoms with E-state index in [9.17, 15) is 9.59 Å². The third-order valence-electron chi connectivity index (χ3n) is 5.55. The van der Waals surface area contributed by atoms with Gasteiger partial charge in [0, 0.05) is 45.2 Å². The number of likely N-dealkylation sites (tertiary alicyclic amines) is 1. The first-order valence-corrected chi connectivity index (χ1v) is 10.7. The van der Waals surface area contributed by atoms with Crippen molar-refractivity contribution < 1.29 is 19.4 Å². The molecule has 32 heavy (non-hydrogen) atoms. The number of carbonyl (C=O) groups excluding carboxylic acids is 1. The average molecular weight is 441 g/mol. The number of aliphatic carboxylic acids is 1. The molecule has 1 aliphatic rings. The smallest absolute Gasteiger partial charge is 0.335 e. The van der Waals surface area contributed by atoms with Gasteiger partial charge >= 0.3 is 5.97 Å². The van der Waals surface area contributed by atoms with E-state index in [0.717, 1.165) is 31.6 Å². The fraction of sp³-hybridized carbons (Fsp3) is 0.385. The largest absolute Gasteiger partial charge is 0.478 e. The number of hydrogen-bond donors (Lipinski definition) is 1. The summed E-state index contributed by atoms with van der Waals surface area (Å²) in [6.07, 6.45) is 16.8. The molecule has 1 fully saturated rings. The Morgan fingerprint density at radius 3 is 2.47 bits per heavy atom. The van der Waals surface area contributed by atoms with E-state index in [2.05, 4.69) is 30.7 Å². The fourth-order valence-electron chi connectivity index (χ4n) is 3.48. The van der Waals surface area contributed by atoms with Crippen molar-refractivity contribution in [2.75, 3.05) is 33.2 Å². The third-order valence-corrected chi connectivity index (χ3v) is 5.55. The van der Waals surface area contributed by atoms with Gasteiger partial charge in [-0.25, -0.2) is 4.79 Å². The number of likely N-dealkylation sites (N-methyl/N-ethyl adjacent to an activating group) is 1. The van der Waals surface area contributed by atoms with Crippen LogP contribution in [-0.2, 0) is 14.3 Å². The van der Waals surface area contributed by atoms with Gasteiger partial charge in [0.15, 0.2) is 0 Å². The summed E-state index contributed by atoms with van der Waals surface area (Å²) in [5.41, 5.74) is 1.37. The molecule has 0 radical (unpaired) electrons. The molecule has 0 saturated carbocycles. The molecule has 0 unspecified atom stereocenters. The van der Waals surface area contributed by atoms with E-state index in [1.165, 1.54) is 12.2 Å². The molecular formula is C26H36N2O4. The lowest BCUT2D eigenvalue weighted by Crippen LogP contribution is -2.51. The van der Waals surface area contributed by atoms with E-state index < -0.39 is 11.6 Å². The molecule has 0 amide bonds. The Kier molecular flexibility index (Phi) is 11.8. The Labute approximate surface area is 192 Å². The maximum absolute atomic E-state index is 11.2. The minimum absolute atomic E-state index is 0.194. The summed E-state index contributed by atoms with van der Waals surface area (Å²) in [5.74, 6) is -0.988. The predicted octanol–water partition coefficient (Wildman–Crippen LogP) is 4.27. The Hall–Kier alpha value is -3.12. The molecule has 1 saturated heterocycles. The molecule has 0 aromatic heterocycles. The van der Waals surface area contributed by atoms with Gasteiger partial charge in [0.05, 0.1) is 12.1 Å². The highest BCUT2D eigenvalue weighted by atomic mass is 16.5. The van der Waals surface area contributed by atoms with Crippen molar-refractivity contribution in [1.82, 2.24) is 9.80 Å². The van der Waals surface area contributed by atoms with Crippen LogP contribution in [0.25, 0.3) is 0 Å². The molecule has 1 N–H and O–H groups in total. The van der Waals surface area contributed by atoms with Gasteiger partial charge in [0.2, 0.25) is 0 Å². The van der Waals surface area contributed by atoms with Crippen molar-refractivity contribution in [3.8, 4) is 0 Å². The van der Waals surface area contributed by atoms with Gasteiger partial charge in [-0.05, 0) is 31.1 Å². The predicted molar refractivity (Wildman–Crippen MR) is 130 cm³/mol. The maximum Gasteiger partial charge on any atom is 0.335 e. The van der Waals surface area contributed by atoms with E-state index in [-0.39, 0.29) is 5.57 Å². The van der Waals surface area contributed by atoms with Gasteiger partial charge in [-0.3, -0.25) is 9.69 Å². The molecule has 0 aromatic carbocycles. The van der Waals surface area contributed by atoms with Crippen molar-refractivity contribution in [3.63, 3.8) is 0 Å². The summed E-state index contributed by atoms with van der Waals surface area (Å²) in [6, 6.07) is 0. The fourth-order valence-corrected chi connectivity index (χ4v) is 3.48. The van der Waals surface area contributed by atoms with Gasteiger partial charge in [-0.1, -0.05) is 49.6 Å². The van der Waals surface area contributed by atoms with Crippen LogP contribution in [0.2, 0.25) is 0 Å². The molecule has 0 atom stereocenters. The SMILES string of the molecule is C=CC/C(C=C)=C/C=C/CN1CCC(CN(C)C(=C)/C=C\C(=C/C)C(=O)O)(OC=O)CC1. The van der Waals surface area contributed by atoms with Crippen LogP contribution in [0.5, 0.6) is 0 Å². The maximum atomic E-state index is 11.2. The van der Waals surface area contributed by atoms with Gasteiger partial charge in [-0.15, -0.1) is 6.58 Å². The number of ether oxygens (including phenoxy) is 1. The summed E-state index contributed by atoms with van der Waals surface area (Å²) in [6.45, 7) is 16.7. The lowest BCUT2D eigenvalue weighted by atomic mass is 9.90. The Morgan fingerprint density at radius 2 is 1.94 bits per heavy atom. The molecule has 174 valence electrons. The normalized spacial score (nSPS) is 17.3. The number of rotatable bonds is 14. The number of carbonyl (C=O) groups is 2. The standard InChI is InChI=1S/C26H36N2O4/c1-6-11-23(7-2)12-9-10-17-28-18-15-26(16-19-28,32-21-29)20-27(5)22(4)13-14-24(8-3)25(30)31/h6-10,12-14,21H,1-2,4,11,15-20H2,3,5H3,(H,30,31)/b10-9+,14-13-,23-12+,24-8+. The van der Waals surface area contributed by atoms with E-state index >= 15 is 0 Å². The van der Waals surface area contributed by atoms with Gasteiger partial charge in [0.1, 0.15) is 5.60 Å². The first kappa shape index (κ1) is 26.9. The molecule has 0 bridgehead atoms. The van der Waals surface area contributed by atoms with E-state index in [0.29, 0.717) is 31.6 Å². The second-order valence-electron chi connectivity index (χ2n) is 7.79.